The van der Waals surface area contributed by atoms with Crippen molar-refractivity contribution in [1.29, 1.82) is 0 Å². The van der Waals surface area contributed by atoms with E-state index in [0.29, 0.717) is 22.6 Å². The molecule has 0 unspecified atom stereocenters. The van der Waals surface area contributed by atoms with Crippen LogP contribution < -0.4 is 14.8 Å². The van der Waals surface area contributed by atoms with Crippen molar-refractivity contribution in [3.63, 3.8) is 0 Å². The third kappa shape index (κ3) is 5.16. The molecule has 0 bridgehead atoms. The molecule has 0 aliphatic carbocycles. The molecule has 1 fully saturated rings. The van der Waals surface area contributed by atoms with Crippen LogP contribution in [0, 0.1) is 0 Å². The molecule has 6 N–H and O–H groups in total. The Labute approximate surface area is 198 Å². The number of hydrogen-bond donors (Lipinski definition) is 6. The predicted octanol–water partition coefficient (Wildman–Crippen LogP) is -0.110. The molecule has 1 aliphatic heterocycles. The molecule has 0 saturated carbocycles. The predicted molar refractivity (Wildman–Crippen MR) is 118 cm³/mol. The highest BCUT2D eigenvalue weighted by molar-refractivity contribution is 7.46. The Hall–Kier alpha value is -3.04. The fourth-order valence-corrected chi connectivity index (χ4v) is 4.04. The summed E-state index contributed by atoms with van der Waals surface area (Å²) in [6, 6.07) is 3.04. The van der Waals surface area contributed by atoms with Crippen molar-refractivity contribution in [2.45, 2.75) is 31.1 Å². The van der Waals surface area contributed by atoms with Crippen LogP contribution in [-0.2, 0) is 20.4 Å². The molecule has 16 heteroatoms. The number of phenolic OH excluding ortho intramolecular Hbond substituents is 1. The largest absolute Gasteiger partial charge is 0.504 e. The quantitative estimate of drug-likeness (QED) is 0.206. The SMILES string of the molecule is COc1cc(OC)c(CNc2ncnc3c2ncn3[C@@H]2O[C@H](COP(=O)(O)O)[C@@H](O)[C@H]2O)cc1O. The summed E-state index contributed by atoms with van der Waals surface area (Å²) in [5.41, 5.74) is 1.20. The lowest BCUT2D eigenvalue weighted by Gasteiger charge is -2.17. The van der Waals surface area contributed by atoms with Gasteiger partial charge in [0.25, 0.3) is 0 Å². The zero-order chi connectivity index (χ0) is 25.3. The smallest absolute Gasteiger partial charge is 0.469 e. The summed E-state index contributed by atoms with van der Waals surface area (Å²) in [7, 11) is -1.88. The Morgan fingerprint density at radius 2 is 1.86 bits per heavy atom. The second-order valence-electron chi connectivity index (χ2n) is 7.57. The van der Waals surface area contributed by atoms with Gasteiger partial charge in [-0.05, 0) is 6.07 Å². The van der Waals surface area contributed by atoms with Crippen LogP contribution in [0.1, 0.15) is 11.8 Å². The number of aromatic hydroxyl groups is 1. The zero-order valence-electron chi connectivity index (χ0n) is 18.5. The molecule has 2 aromatic heterocycles. The van der Waals surface area contributed by atoms with Gasteiger partial charge in [-0.25, -0.2) is 19.5 Å². The fraction of sp³-hybridized carbons (Fsp3) is 0.421. The molecule has 190 valence electrons. The van der Waals surface area contributed by atoms with Gasteiger partial charge in [-0.2, -0.15) is 0 Å². The number of anilines is 1. The van der Waals surface area contributed by atoms with Crippen molar-refractivity contribution in [1.82, 2.24) is 19.5 Å². The number of aromatic nitrogens is 4. The molecule has 4 rings (SSSR count). The van der Waals surface area contributed by atoms with Crippen LogP contribution in [0.2, 0.25) is 0 Å². The van der Waals surface area contributed by atoms with Crippen molar-refractivity contribution in [2.75, 3.05) is 26.1 Å². The van der Waals surface area contributed by atoms with Gasteiger partial charge in [0.1, 0.15) is 30.4 Å². The van der Waals surface area contributed by atoms with E-state index in [4.69, 9.17) is 24.0 Å². The van der Waals surface area contributed by atoms with Gasteiger partial charge in [-0.1, -0.05) is 0 Å². The van der Waals surface area contributed by atoms with Crippen molar-refractivity contribution in [3.05, 3.63) is 30.4 Å². The van der Waals surface area contributed by atoms with Crippen molar-refractivity contribution in [3.8, 4) is 17.2 Å². The van der Waals surface area contributed by atoms with Crippen molar-refractivity contribution >= 4 is 24.8 Å². The number of nitrogens with zero attached hydrogens (tertiary/aromatic N) is 4. The van der Waals surface area contributed by atoms with Gasteiger partial charge >= 0.3 is 7.82 Å². The highest BCUT2D eigenvalue weighted by Crippen LogP contribution is 2.39. The summed E-state index contributed by atoms with van der Waals surface area (Å²) >= 11 is 0. The normalized spacial score (nSPS) is 22.5. The van der Waals surface area contributed by atoms with Crippen molar-refractivity contribution in [2.24, 2.45) is 0 Å². The number of nitrogens with one attached hydrogen (secondary N) is 1. The number of rotatable bonds is 9. The minimum absolute atomic E-state index is 0.0644. The van der Waals surface area contributed by atoms with E-state index < -0.39 is 39.0 Å². The lowest BCUT2D eigenvalue weighted by molar-refractivity contribution is -0.0504. The summed E-state index contributed by atoms with van der Waals surface area (Å²) in [4.78, 5) is 30.4. The molecule has 3 heterocycles. The van der Waals surface area contributed by atoms with Crippen LogP contribution in [0.5, 0.6) is 17.2 Å². The van der Waals surface area contributed by atoms with Crippen LogP contribution in [-0.4, -0.2) is 83.8 Å². The first-order chi connectivity index (χ1) is 16.6. The summed E-state index contributed by atoms with van der Waals surface area (Å²) in [5.74, 6) is 1.00. The van der Waals surface area contributed by atoms with Gasteiger partial charge in [-0.15, -0.1) is 0 Å². The number of fused-ring (bicyclic) bond motifs is 1. The third-order valence-electron chi connectivity index (χ3n) is 5.41. The lowest BCUT2D eigenvalue weighted by Crippen LogP contribution is -2.33. The van der Waals surface area contributed by atoms with E-state index in [-0.39, 0.29) is 23.7 Å². The molecule has 1 saturated heterocycles. The summed E-state index contributed by atoms with van der Waals surface area (Å²) < 4.78 is 32.7. The first-order valence-corrected chi connectivity index (χ1v) is 11.7. The first-order valence-electron chi connectivity index (χ1n) is 10.2. The molecular formula is C19H24N5O10P. The van der Waals surface area contributed by atoms with Gasteiger partial charge < -0.3 is 44.6 Å². The maximum atomic E-state index is 11.0. The Balaban J connectivity index is 1.55. The van der Waals surface area contributed by atoms with E-state index in [1.165, 1.54) is 37.5 Å². The molecule has 0 spiro atoms. The molecule has 1 aliphatic rings. The summed E-state index contributed by atoms with van der Waals surface area (Å²) in [5, 5.41) is 33.9. The average molecular weight is 513 g/mol. The van der Waals surface area contributed by atoms with Crippen molar-refractivity contribution < 1.29 is 48.4 Å². The standard InChI is InChI=1S/C19H24N5O10P/c1-31-11-4-12(32-2)10(25)3-9(11)5-20-17-14-18(22-7-21-17)24(8-23-14)19-16(27)15(26)13(34-19)6-33-35(28,29)30/h3-4,7-8,13,15-16,19,25-27H,5-6H2,1-2H3,(H,20,21,22)(H2,28,29,30)/t13-,15-,16-,19-/m1/s1. The fourth-order valence-electron chi connectivity index (χ4n) is 3.70. The molecule has 3 aromatic rings. The van der Waals surface area contributed by atoms with E-state index in [1.54, 1.807) is 6.07 Å². The van der Waals surface area contributed by atoms with Gasteiger partial charge in [0.05, 0.1) is 27.2 Å². The zero-order valence-corrected chi connectivity index (χ0v) is 19.4. The minimum atomic E-state index is -4.79. The number of aliphatic hydroxyl groups is 2. The van der Waals surface area contributed by atoms with Crippen LogP contribution in [0.25, 0.3) is 11.2 Å². The Bertz CT molecular complexity index is 1250. The first kappa shape index (κ1) is 25.1. The maximum Gasteiger partial charge on any atom is 0.469 e. The molecule has 35 heavy (non-hydrogen) atoms. The molecule has 4 atom stereocenters. The van der Waals surface area contributed by atoms with Crippen LogP contribution in [0.3, 0.4) is 0 Å². The van der Waals surface area contributed by atoms with Gasteiger partial charge in [0.15, 0.2) is 34.7 Å². The Morgan fingerprint density at radius 1 is 1.11 bits per heavy atom. The van der Waals surface area contributed by atoms with E-state index in [1.807, 2.05) is 0 Å². The topological polar surface area (TPSA) is 211 Å². The van der Waals surface area contributed by atoms with E-state index >= 15 is 0 Å². The lowest BCUT2D eigenvalue weighted by atomic mass is 10.1. The second-order valence-corrected chi connectivity index (χ2v) is 8.81. The summed E-state index contributed by atoms with van der Waals surface area (Å²) in [6.07, 6.45) is -2.68. The van der Waals surface area contributed by atoms with Gasteiger partial charge in [0, 0.05) is 18.2 Å². The van der Waals surface area contributed by atoms with E-state index in [2.05, 4.69) is 24.8 Å². The number of methoxy groups -OCH3 is 2. The maximum absolute atomic E-state index is 11.0. The van der Waals surface area contributed by atoms with Crippen LogP contribution >= 0.6 is 7.82 Å². The number of hydrogen-bond acceptors (Lipinski definition) is 12. The molecule has 15 nitrogen and oxygen atoms in total. The number of phosphoric ester groups is 1. The number of aliphatic hydroxyl groups excluding tert-OH is 2. The van der Waals surface area contributed by atoms with E-state index in [9.17, 15) is 19.9 Å². The van der Waals surface area contributed by atoms with Gasteiger partial charge in [0.2, 0.25) is 0 Å². The molecule has 0 radical (unpaired) electrons. The average Bonchev–Trinajstić information content (AvgIpc) is 3.37. The highest BCUT2D eigenvalue weighted by Gasteiger charge is 2.45. The number of phenols is 1. The van der Waals surface area contributed by atoms with E-state index in [0.717, 1.165) is 0 Å². The second kappa shape index (κ2) is 9.91. The number of imidazole rings is 1. The van der Waals surface area contributed by atoms with Crippen LogP contribution in [0.4, 0.5) is 5.82 Å². The Kier molecular flexibility index (Phi) is 7.10. The summed E-state index contributed by atoms with van der Waals surface area (Å²) in [6.45, 7) is -0.438. The molecule has 0 amide bonds. The Morgan fingerprint density at radius 3 is 2.54 bits per heavy atom. The number of ether oxygens (including phenoxy) is 3. The number of benzene rings is 1. The third-order valence-corrected chi connectivity index (χ3v) is 5.89. The molecule has 1 aromatic carbocycles. The highest BCUT2D eigenvalue weighted by atomic mass is 31.2. The monoisotopic (exact) mass is 513 g/mol. The number of phosphoric acid groups is 1. The van der Waals surface area contributed by atoms with Gasteiger partial charge in [-0.3, -0.25) is 9.09 Å². The molecular weight excluding hydrogens is 489 g/mol. The van der Waals surface area contributed by atoms with Crippen LogP contribution in [0.15, 0.2) is 24.8 Å². The minimum Gasteiger partial charge on any atom is -0.504 e.